The number of benzene rings is 2. The quantitative estimate of drug-likeness (QED) is 0.414. The summed E-state index contributed by atoms with van der Waals surface area (Å²) in [6, 6.07) is 9.97. The van der Waals surface area contributed by atoms with Gasteiger partial charge in [0, 0.05) is 24.3 Å². The molecule has 1 saturated heterocycles. The van der Waals surface area contributed by atoms with E-state index in [2.05, 4.69) is 20.5 Å². The maximum absolute atomic E-state index is 14.0. The van der Waals surface area contributed by atoms with E-state index >= 15 is 0 Å². The number of rotatable bonds is 8. The average molecular weight is 486 g/mol. The van der Waals surface area contributed by atoms with Crippen molar-refractivity contribution in [3.63, 3.8) is 0 Å². The van der Waals surface area contributed by atoms with E-state index in [1.165, 1.54) is 25.3 Å². The number of ketones is 1. The second-order valence-corrected chi connectivity index (χ2v) is 9.02. The summed E-state index contributed by atoms with van der Waals surface area (Å²) in [4.78, 5) is 31.4. The third-order valence-electron chi connectivity index (χ3n) is 5.61. The van der Waals surface area contributed by atoms with Crippen LogP contribution in [-0.4, -0.2) is 47.8 Å². The monoisotopic (exact) mass is 485 g/mol. The van der Waals surface area contributed by atoms with Gasteiger partial charge in [0.1, 0.15) is 22.3 Å². The highest BCUT2D eigenvalue weighted by Crippen LogP contribution is 2.31. The van der Waals surface area contributed by atoms with Gasteiger partial charge in [-0.15, -0.1) is 0 Å². The van der Waals surface area contributed by atoms with E-state index in [4.69, 9.17) is 5.73 Å². The number of hydrogen-bond acceptors (Lipinski definition) is 7. The van der Waals surface area contributed by atoms with Crippen LogP contribution < -0.4 is 16.4 Å². The van der Waals surface area contributed by atoms with Crippen LogP contribution in [0.1, 0.15) is 44.9 Å². The highest BCUT2D eigenvalue weighted by molar-refractivity contribution is 7.18. The van der Waals surface area contributed by atoms with Crippen molar-refractivity contribution < 1.29 is 18.4 Å². The lowest BCUT2D eigenvalue weighted by molar-refractivity contribution is 0.0946. The second-order valence-electron chi connectivity index (χ2n) is 8.02. The predicted octanol–water partition coefficient (Wildman–Crippen LogP) is 4.19. The molecule has 0 aliphatic carbocycles. The first kappa shape index (κ1) is 23.8. The van der Waals surface area contributed by atoms with Crippen LogP contribution in [0.3, 0.4) is 0 Å². The third-order valence-corrected chi connectivity index (χ3v) is 6.60. The Morgan fingerprint density at radius 2 is 1.71 bits per heavy atom. The zero-order chi connectivity index (χ0) is 24.1. The molecule has 34 heavy (non-hydrogen) atoms. The maximum Gasteiger partial charge on any atom is 0.251 e. The van der Waals surface area contributed by atoms with E-state index in [0.717, 1.165) is 43.1 Å². The van der Waals surface area contributed by atoms with Crippen LogP contribution >= 0.6 is 11.3 Å². The van der Waals surface area contributed by atoms with Crippen LogP contribution in [0.5, 0.6) is 0 Å². The van der Waals surface area contributed by atoms with Gasteiger partial charge in [0.05, 0.1) is 5.56 Å². The summed E-state index contributed by atoms with van der Waals surface area (Å²) in [6.07, 6.45) is 3.70. The minimum atomic E-state index is -0.961. The van der Waals surface area contributed by atoms with Crippen molar-refractivity contribution in [3.05, 3.63) is 70.1 Å². The van der Waals surface area contributed by atoms with Crippen molar-refractivity contribution in [2.45, 2.75) is 19.3 Å². The summed E-state index contributed by atoms with van der Waals surface area (Å²) >= 11 is 0.896. The molecule has 0 unspecified atom stereocenters. The first-order chi connectivity index (χ1) is 16.4. The van der Waals surface area contributed by atoms with Crippen molar-refractivity contribution in [1.82, 2.24) is 15.2 Å². The minimum Gasteiger partial charge on any atom is -0.382 e. The van der Waals surface area contributed by atoms with Crippen molar-refractivity contribution >= 4 is 39.7 Å². The highest BCUT2D eigenvalue weighted by Gasteiger charge is 2.24. The van der Waals surface area contributed by atoms with Crippen molar-refractivity contribution in [3.8, 4) is 0 Å². The number of likely N-dealkylation sites (tertiary alicyclic amines) is 1. The lowest BCUT2D eigenvalue weighted by Crippen LogP contribution is -2.37. The van der Waals surface area contributed by atoms with Crippen LogP contribution in [-0.2, 0) is 0 Å². The highest BCUT2D eigenvalue weighted by atomic mass is 32.1. The summed E-state index contributed by atoms with van der Waals surface area (Å²) in [5.41, 5.74) is 6.31. The molecular weight excluding hydrogens is 460 g/mol. The fraction of sp³-hybridized carbons (Fsp3) is 0.292. The molecular formula is C24H25F2N5O2S. The molecule has 0 saturated carbocycles. The molecule has 1 aliphatic heterocycles. The van der Waals surface area contributed by atoms with Crippen LogP contribution in [0.2, 0.25) is 0 Å². The Labute approximate surface area is 200 Å². The standard InChI is InChI=1S/C24H25F2N5O2S/c25-17-5-4-6-18(26)19(17)20(32)21-22(27)30-24(34-21)29-16-9-7-15(8-10-16)23(33)28-11-14-31-12-2-1-3-13-31/h4-10H,1-3,11-14,27H2,(H,28,33)(H,29,30). The molecule has 10 heteroatoms. The first-order valence-corrected chi connectivity index (χ1v) is 11.9. The Morgan fingerprint density at radius 1 is 1.03 bits per heavy atom. The summed E-state index contributed by atoms with van der Waals surface area (Å²) in [7, 11) is 0. The number of carbonyl (C=O) groups excluding carboxylic acids is 2. The van der Waals surface area contributed by atoms with Gasteiger partial charge in [-0.25, -0.2) is 13.8 Å². The van der Waals surface area contributed by atoms with E-state index in [0.29, 0.717) is 17.8 Å². The summed E-state index contributed by atoms with van der Waals surface area (Å²) in [5, 5.41) is 6.23. The van der Waals surface area contributed by atoms with E-state index in [1.807, 2.05) is 0 Å². The number of nitrogen functional groups attached to an aromatic ring is 1. The van der Waals surface area contributed by atoms with Crippen LogP contribution in [0.25, 0.3) is 0 Å². The number of nitrogens with zero attached hydrogens (tertiary/aromatic N) is 2. The van der Waals surface area contributed by atoms with Gasteiger partial charge in [0.25, 0.3) is 5.91 Å². The third kappa shape index (κ3) is 5.57. The molecule has 0 radical (unpaired) electrons. The lowest BCUT2D eigenvalue weighted by atomic mass is 10.1. The van der Waals surface area contributed by atoms with E-state index in [9.17, 15) is 18.4 Å². The largest absolute Gasteiger partial charge is 0.382 e. The lowest BCUT2D eigenvalue weighted by Gasteiger charge is -2.26. The summed E-state index contributed by atoms with van der Waals surface area (Å²) in [6.45, 7) is 3.60. The fourth-order valence-corrected chi connectivity index (χ4v) is 4.67. The first-order valence-electron chi connectivity index (χ1n) is 11.0. The molecule has 0 atom stereocenters. The molecule has 4 N–H and O–H groups in total. The van der Waals surface area contributed by atoms with Gasteiger partial charge in [-0.2, -0.15) is 0 Å². The fourth-order valence-electron chi connectivity index (χ4n) is 3.82. The van der Waals surface area contributed by atoms with E-state index < -0.39 is 23.0 Å². The Hall–Kier alpha value is -3.37. The smallest absolute Gasteiger partial charge is 0.251 e. The Bertz CT molecular complexity index is 1160. The minimum absolute atomic E-state index is 0.0591. The second kappa shape index (κ2) is 10.7. The number of anilines is 3. The molecule has 3 aromatic rings. The average Bonchev–Trinajstić information content (AvgIpc) is 3.19. The molecule has 1 aliphatic rings. The normalized spacial score (nSPS) is 14.1. The predicted molar refractivity (Wildman–Crippen MR) is 129 cm³/mol. The SMILES string of the molecule is Nc1nc(Nc2ccc(C(=O)NCCN3CCCCC3)cc2)sc1C(=O)c1c(F)cccc1F. The molecule has 2 aromatic carbocycles. The number of hydrogen-bond donors (Lipinski definition) is 3. The zero-order valence-corrected chi connectivity index (χ0v) is 19.3. The molecule has 0 bridgehead atoms. The van der Waals surface area contributed by atoms with Gasteiger partial charge in [0.15, 0.2) is 5.13 Å². The van der Waals surface area contributed by atoms with E-state index in [-0.39, 0.29) is 21.7 Å². The van der Waals surface area contributed by atoms with Gasteiger partial charge in [-0.1, -0.05) is 23.8 Å². The topological polar surface area (TPSA) is 100 Å². The van der Waals surface area contributed by atoms with E-state index in [1.54, 1.807) is 24.3 Å². The Morgan fingerprint density at radius 3 is 2.38 bits per heavy atom. The molecule has 0 spiro atoms. The molecule has 1 aromatic heterocycles. The molecule has 4 rings (SSSR count). The Balaban J connectivity index is 1.36. The maximum atomic E-state index is 14.0. The molecule has 1 fully saturated rings. The number of nitrogens with one attached hydrogen (secondary N) is 2. The summed E-state index contributed by atoms with van der Waals surface area (Å²) < 4.78 is 28.0. The van der Waals surface area contributed by atoms with Gasteiger partial charge in [-0.3, -0.25) is 9.59 Å². The van der Waals surface area contributed by atoms with Crippen LogP contribution in [0.4, 0.5) is 25.4 Å². The van der Waals surface area contributed by atoms with Crippen molar-refractivity contribution in [1.29, 1.82) is 0 Å². The van der Waals surface area contributed by atoms with Gasteiger partial charge < -0.3 is 21.3 Å². The zero-order valence-electron chi connectivity index (χ0n) is 18.4. The molecule has 1 amide bonds. The van der Waals surface area contributed by atoms with Crippen LogP contribution in [0.15, 0.2) is 42.5 Å². The number of amides is 1. The van der Waals surface area contributed by atoms with Gasteiger partial charge >= 0.3 is 0 Å². The van der Waals surface area contributed by atoms with Crippen LogP contribution in [0, 0.1) is 11.6 Å². The number of carbonyl (C=O) groups is 2. The van der Waals surface area contributed by atoms with Crippen molar-refractivity contribution in [2.75, 3.05) is 37.2 Å². The Kier molecular flexibility index (Phi) is 7.49. The number of piperidine rings is 1. The van der Waals surface area contributed by atoms with Gasteiger partial charge in [-0.05, 0) is 62.3 Å². The number of aromatic nitrogens is 1. The molecule has 178 valence electrons. The number of halogens is 2. The number of nitrogens with two attached hydrogens (primary N) is 1. The summed E-state index contributed by atoms with van der Waals surface area (Å²) in [5.74, 6) is -3.06. The van der Waals surface area contributed by atoms with Gasteiger partial charge in [0.2, 0.25) is 5.78 Å². The van der Waals surface area contributed by atoms with Crippen molar-refractivity contribution in [2.24, 2.45) is 0 Å². The molecule has 2 heterocycles. The molecule has 7 nitrogen and oxygen atoms in total. The number of thiazole rings is 1.